The minimum atomic E-state index is -0.276. The van der Waals surface area contributed by atoms with E-state index in [-0.39, 0.29) is 5.97 Å². The van der Waals surface area contributed by atoms with Crippen molar-refractivity contribution in [2.24, 2.45) is 0 Å². The van der Waals surface area contributed by atoms with E-state index in [9.17, 15) is 4.79 Å². The summed E-state index contributed by atoms with van der Waals surface area (Å²) in [5, 5.41) is 0. The molecule has 1 atom stereocenters. The third-order valence-electron chi connectivity index (χ3n) is 1.42. The van der Waals surface area contributed by atoms with Crippen LogP contribution in [0.5, 0.6) is 0 Å². The van der Waals surface area contributed by atoms with Crippen molar-refractivity contribution in [1.82, 2.24) is 0 Å². The third kappa shape index (κ3) is 2.11. The first kappa shape index (κ1) is 9.81. The first-order chi connectivity index (χ1) is 5.65. The van der Waals surface area contributed by atoms with E-state index < -0.39 is 0 Å². The fraction of sp³-hybridized carbons (Fsp3) is 0.125. The molecule has 0 N–H and O–H groups in total. The van der Waals surface area contributed by atoms with Crippen molar-refractivity contribution in [1.29, 1.82) is 0 Å². The van der Waals surface area contributed by atoms with Crippen molar-refractivity contribution in [2.45, 2.75) is 0 Å². The van der Waals surface area contributed by atoms with Gasteiger partial charge in [0.25, 0.3) is 0 Å². The Bertz CT molecular complexity index is 312. The van der Waals surface area contributed by atoms with E-state index in [1.54, 1.807) is 6.07 Å². The molecular weight excluding hydrogens is 283 g/mol. The molecule has 0 heterocycles. The molecule has 1 aromatic rings. The maximum atomic E-state index is 11.1. The number of hydrogen-bond acceptors (Lipinski definition) is 2. The molecule has 0 radical (unpaired) electrons. The van der Waals surface area contributed by atoms with Crippen LogP contribution in [0.1, 0.15) is 10.4 Å². The van der Waals surface area contributed by atoms with Crippen LogP contribution in [-0.4, -0.2) is 29.9 Å². The van der Waals surface area contributed by atoms with Crippen LogP contribution >= 0.6 is 15.9 Å². The zero-order valence-electron chi connectivity index (χ0n) is 6.50. The van der Waals surface area contributed by atoms with Gasteiger partial charge in [-0.2, -0.15) is 0 Å². The Morgan fingerprint density at radius 1 is 1.58 bits per heavy atom. The number of halogens is 1. The normalized spacial score (nSPS) is 9.58. The van der Waals surface area contributed by atoms with Crippen LogP contribution in [0.4, 0.5) is 0 Å². The van der Waals surface area contributed by atoms with Gasteiger partial charge in [0.2, 0.25) is 0 Å². The molecule has 1 unspecified atom stereocenters. The van der Waals surface area contributed by atoms with Crippen LogP contribution in [0.3, 0.4) is 0 Å². The van der Waals surface area contributed by atoms with Crippen LogP contribution in [0, 0.1) is 0 Å². The summed E-state index contributed by atoms with van der Waals surface area (Å²) in [6, 6.07) is 5.49. The molecule has 0 aliphatic heterocycles. The van der Waals surface area contributed by atoms with Gasteiger partial charge in [0.15, 0.2) is 0 Å². The van der Waals surface area contributed by atoms with E-state index in [1.165, 1.54) is 24.0 Å². The van der Waals surface area contributed by atoms with E-state index in [2.05, 4.69) is 20.7 Å². The van der Waals surface area contributed by atoms with Crippen molar-refractivity contribution in [3.8, 4) is 0 Å². The maximum absolute atomic E-state index is 11.1. The number of hydrogen-bond donors (Lipinski definition) is 0. The minimum absolute atomic E-state index is 0.276. The Morgan fingerprint density at radius 2 is 2.25 bits per heavy atom. The van der Waals surface area contributed by atoms with Crippen LogP contribution in [0.15, 0.2) is 22.7 Å². The van der Waals surface area contributed by atoms with E-state index in [1.807, 2.05) is 12.1 Å². The molecule has 0 spiro atoms. The third-order valence-corrected chi connectivity index (χ3v) is 2.91. The molecule has 2 nitrogen and oxygen atoms in total. The molecular formula is C8H8AsBrO2. The number of benzene rings is 1. The first-order valence-corrected chi connectivity index (χ1v) is 5.29. The Morgan fingerprint density at radius 3 is 2.75 bits per heavy atom. The summed E-state index contributed by atoms with van der Waals surface area (Å²) in [6.45, 7) is 0. The van der Waals surface area contributed by atoms with Crippen molar-refractivity contribution in [3.05, 3.63) is 28.2 Å². The number of carbonyl (C=O) groups is 1. The van der Waals surface area contributed by atoms with Gasteiger partial charge in [0.1, 0.15) is 0 Å². The molecule has 12 heavy (non-hydrogen) atoms. The van der Waals surface area contributed by atoms with Gasteiger partial charge in [0, 0.05) is 0 Å². The number of ether oxygens (including phenoxy) is 1. The number of carbonyl (C=O) groups excluding carboxylic acids is 1. The molecule has 1 aromatic carbocycles. The molecule has 1 rings (SSSR count). The molecule has 4 heteroatoms. The fourth-order valence-corrected chi connectivity index (χ4v) is 2.55. The molecule has 0 saturated carbocycles. The SMILES string of the molecule is COC(=O)c1ccc(Br)cc1[AsH2]. The van der Waals surface area contributed by atoms with E-state index >= 15 is 0 Å². The van der Waals surface area contributed by atoms with Gasteiger partial charge in [-0.05, 0) is 0 Å². The van der Waals surface area contributed by atoms with E-state index in [4.69, 9.17) is 0 Å². The molecule has 0 aromatic heterocycles. The van der Waals surface area contributed by atoms with Gasteiger partial charge in [-0.3, -0.25) is 0 Å². The van der Waals surface area contributed by atoms with Crippen LogP contribution in [-0.2, 0) is 4.74 Å². The summed E-state index contributed by atoms with van der Waals surface area (Å²) in [5.41, 5.74) is 0.640. The molecule has 0 amide bonds. The zero-order valence-corrected chi connectivity index (χ0v) is 10.5. The summed E-state index contributed by atoms with van der Waals surface area (Å²) < 4.78 is 6.57. The van der Waals surface area contributed by atoms with E-state index in [0.717, 1.165) is 8.82 Å². The van der Waals surface area contributed by atoms with Gasteiger partial charge in [0.05, 0.1) is 0 Å². The van der Waals surface area contributed by atoms with Gasteiger partial charge >= 0.3 is 88.0 Å². The monoisotopic (exact) mass is 290 g/mol. The quantitative estimate of drug-likeness (QED) is 0.556. The predicted octanol–water partition coefficient (Wildman–Crippen LogP) is 0.494. The van der Waals surface area contributed by atoms with Crippen molar-refractivity contribution >= 4 is 43.1 Å². The predicted molar refractivity (Wildman–Crippen MR) is 53.7 cm³/mol. The number of rotatable bonds is 1. The van der Waals surface area contributed by atoms with Gasteiger partial charge in [-0.25, -0.2) is 0 Å². The molecule has 0 fully saturated rings. The topological polar surface area (TPSA) is 26.3 Å². The van der Waals surface area contributed by atoms with Crippen molar-refractivity contribution < 1.29 is 9.53 Å². The summed E-state index contributed by atoms with van der Waals surface area (Å²) >= 11 is 4.74. The Labute approximate surface area is 87.9 Å². The Hall–Kier alpha value is -0.272. The molecule has 0 aliphatic carbocycles. The Kier molecular flexibility index (Phi) is 3.36. The van der Waals surface area contributed by atoms with Crippen LogP contribution in [0.2, 0.25) is 0 Å². The average molecular weight is 291 g/mol. The molecule has 64 valence electrons. The zero-order chi connectivity index (χ0) is 9.14. The molecule has 0 bridgehead atoms. The standard InChI is InChI=1S/C8H8AsBrO2/c1-12-8(11)6-3-2-5(10)4-7(6)9/h2-4H,9H2,1H3. The number of methoxy groups -OCH3 is 1. The van der Waals surface area contributed by atoms with Gasteiger partial charge in [-0.1, -0.05) is 0 Å². The molecule has 0 aliphatic rings. The second-order valence-electron chi connectivity index (χ2n) is 2.22. The van der Waals surface area contributed by atoms with Crippen LogP contribution < -0.4 is 4.35 Å². The van der Waals surface area contributed by atoms with Crippen LogP contribution in [0.25, 0.3) is 0 Å². The fourth-order valence-electron chi connectivity index (χ4n) is 0.829. The average Bonchev–Trinajstić information content (AvgIpc) is 2.03. The second-order valence-corrected chi connectivity index (χ2v) is 4.44. The van der Waals surface area contributed by atoms with Gasteiger partial charge in [-0.15, -0.1) is 0 Å². The summed E-state index contributed by atoms with van der Waals surface area (Å²) in [5.74, 6) is -0.276. The molecule has 0 saturated heterocycles. The summed E-state index contributed by atoms with van der Waals surface area (Å²) in [6.07, 6.45) is 0. The summed E-state index contributed by atoms with van der Waals surface area (Å²) in [7, 11) is 1.39. The van der Waals surface area contributed by atoms with Crippen molar-refractivity contribution in [3.63, 3.8) is 0 Å². The Balaban J connectivity index is 3.09. The second kappa shape index (κ2) is 4.10. The van der Waals surface area contributed by atoms with Crippen molar-refractivity contribution in [2.75, 3.05) is 7.11 Å². The number of esters is 1. The summed E-state index contributed by atoms with van der Waals surface area (Å²) in [4.78, 5) is 11.1. The van der Waals surface area contributed by atoms with Gasteiger partial charge < -0.3 is 0 Å². The van der Waals surface area contributed by atoms with E-state index in [0.29, 0.717) is 5.56 Å². The first-order valence-electron chi connectivity index (χ1n) is 3.28.